The van der Waals surface area contributed by atoms with Crippen LogP contribution in [0.5, 0.6) is 0 Å². The molecule has 13 heavy (non-hydrogen) atoms. The summed E-state index contributed by atoms with van der Waals surface area (Å²) in [6.07, 6.45) is 0.697. The van der Waals surface area contributed by atoms with E-state index in [-0.39, 0.29) is 12.3 Å². The van der Waals surface area contributed by atoms with Gasteiger partial charge in [0.15, 0.2) is 6.29 Å². The summed E-state index contributed by atoms with van der Waals surface area (Å²) < 4.78 is 10.8. The quantitative estimate of drug-likeness (QED) is 0.621. The van der Waals surface area contributed by atoms with E-state index in [2.05, 4.69) is 13.8 Å². The minimum atomic E-state index is -0.239. The van der Waals surface area contributed by atoms with Crippen LogP contribution in [0.4, 0.5) is 0 Å². The van der Waals surface area contributed by atoms with Crippen LogP contribution < -0.4 is 5.73 Å². The van der Waals surface area contributed by atoms with Gasteiger partial charge in [-0.1, -0.05) is 13.8 Å². The van der Waals surface area contributed by atoms with Crippen molar-refractivity contribution in [2.24, 2.45) is 11.7 Å². The number of nitrogens with two attached hydrogens (primary N) is 1. The van der Waals surface area contributed by atoms with E-state index < -0.39 is 0 Å². The fourth-order valence-electron chi connectivity index (χ4n) is 1.28. The van der Waals surface area contributed by atoms with Gasteiger partial charge in [-0.3, -0.25) is 0 Å². The Morgan fingerprint density at radius 1 is 1.08 bits per heavy atom. The highest BCUT2D eigenvalue weighted by atomic mass is 16.7. The van der Waals surface area contributed by atoms with E-state index in [1.165, 1.54) is 0 Å². The fourth-order valence-corrected chi connectivity index (χ4v) is 1.28. The van der Waals surface area contributed by atoms with Crippen LogP contribution in [-0.4, -0.2) is 25.5 Å². The Morgan fingerprint density at radius 3 is 1.85 bits per heavy atom. The van der Waals surface area contributed by atoms with E-state index in [0.29, 0.717) is 19.1 Å². The van der Waals surface area contributed by atoms with Gasteiger partial charge >= 0.3 is 0 Å². The van der Waals surface area contributed by atoms with Crippen molar-refractivity contribution < 1.29 is 9.47 Å². The zero-order valence-electron chi connectivity index (χ0n) is 9.25. The summed E-state index contributed by atoms with van der Waals surface area (Å²) >= 11 is 0. The van der Waals surface area contributed by atoms with Gasteiger partial charge in [-0.15, -0.1) is 0 Å². The number of hydrogen-bond acceptors (Lipinski definition) is 3. The molecule has 0 aliphatic carbocycles. The van der Waals surface area contributed by atoms with Crippen molar-refractivity contribution in [3.05, 3.63) is 0 Å². The lowest BCUT2D eigenvalue weighted by molar-refractivity contribution is -0.150. The Hall–Kier alpha value is -0.120. The molecule has 0 aromatic carbocycles. The molecule has 80 valence electrons. The summed E-state index contributed by atoms with van der Waals surface area (Å²) in [4.78, 5) is 0. The second-order valence-electron chi connectivity index (χ2n) is 3.57. The van der Waals surface area contributed by atoms with E-state index >= 15 is 0 Å². The summed E-state index contributed by atoms with van der Waals surface area (Å²) in [6, 6.07) is -0.0140. The van der Waals surface area contributed by atoms with Gasteiger partial charge in [0, 0.05) is 13.2 Å². The Balaban J connectivity index is 3.86. The molecule has 3 nitrogen and oxygen atoms in total. The van der Waals surface area contributed by atoms with Crippen LogP contribution in [0.2, 0.25) is 0 Å². The smallest absolute Gasteiger partial charge is 0.172 e. The highest BCUT2D eigenvalue weighted by molar-refractivity contribution is 4.67. The maximum Gasteiger partial charge on any atom is 0.172 e. The molecule has 0 spiro atoms. The second-order valence-corrected chi connectivity index (χ2v) is 3.57. The average molecular weight is 189 g/mol. The van der Waals surface area contributed by atoms with Gasteiger partial charge in [-0.2, -0.15) is 0 Å². The van der Waals surface area contributed by atoms with E-state index in [0.717, 1.165) is 6.42 Å². The van der Waals surface area contributed by atoms with Crippen molar-refractivity contribution in [3.8, 4) is 0 Å². The van der Waals surface area contributed by atoms with Gasteiger partial charge in [0.05, 0.1) is 6.04 Å². The Bertz CT molecular complexity index is 111. The second kappa shape index (κ2) is 7.30. The van der Waals surface area contributed by atoms with Gasteiger partial charge in [0.1, 0.15) is 0 Å². The highest BCUT2D eigenvalue weighted by Gasteiger charge is 2.18. The van der Waals surface area contributed by atoms with Gasteiger partial charge in [-0.25, -0.2) is 0 Å². The first-order valence-corrected chi connectivity index (χ1v) is 5.10. The molecule has 3 heteroatoms. The predicted octanol–water partition coefficient (Wildman–Crippen LogP) is 1.76. The van der Waals surface area contributed by atoms with E-state index in [1.54, 1.807) is 0 Å². The molecule has 2 N–H and O–H groups in total. The van der Waals surface area contributed by atoms with Crippen LogP contribution in [0.3, 0.4) is 0 Å². The van der Waals surface area contributed by atoms with E-state index in [4.69, 9.17) is 15.2 Å². The van der Waals surface area contributed by atoms with Crippen molar-refractivity contribution in [3.63, 3.8) is 0 Å². The molecule has 0 fully saturated rings. The molecule has 0 aliphatic heterocycles. The van der Waals surface area contributed by atoms with Crippen molar-refractivity contribution in [2.75, 3.05) is 13.2 Å². The minimum Gasteiger partial charge on any atom is -0.351 e. The Morgan fingerprint density at radius 2 is 1.54 bits per heavy atom. The number of hydrogen-bond donors (Lipinski definition) is 1. The maximum absolute atomic E-state index is 5.94. The van der Waals surface area contributed by atoms with Crippen molar-refractivity contribution >= 4 is 0 Å². The third-order valence-electron chi connectivity index (χ3n) is 1.76. The molecule has 1 atom stereocenters. The summed E-state index contributed by atoms with van der Waals surface area (Å²) in [5.74, 6) is 0.582. The standard InChI is InChI=1S/C10H23NO2/c1-5-12-10(13-6-2)9(11)7-8(3)4/h8-10H,5-7,11H2,1-4H3. The zero-order valence-corrected chi connectivity index (χ0v) is 9.25. The lowest BCUT2D eigenvalue weighted by atomic mass is 10.0. The lowest BCUT2D eigenvalue weighted by Gasteiger charge is -2.24. The van der Waals surface area contributed by atoms with Crippen LogP contribution in [0.1, 0.15) is 34.1 Å². The van der Waals surface area contributed by atoms with Crippen molar-refractivity contribution in [1.82, 2.24) is 0 Å². The first-order chi connectivity index (χ1) is 6.11. The summed E-state index contributed by atoms with van der Waals surface area (Å²) in [5, 5.41) is 0. The molecule has 0 heterocycles. The minimum absolute atomic E-state index is 0.0140. The third-order valence-corrected chi connectivity index (χ3v) is 1.76. The van der Waals surface area contributed by atoms with Crippen LogP contribution >= 0.6 is 0 Å². The molecule has 1 unspecified atom stereocenters. The first-order valence-electron chi connectivity index (χ1n) is 5.10. The normalized spacial score (nSPS) is 14.1. The van der Waals surface area contributed by atoms with E-state index in [9.17, 15) is 0 Å². The monoisotopic (exact) mass is 189 g/mol. The van der Waals surface area contributed by atoms with Gasteiger partial charge in [-0.05, 0) is 26.2 Å². The molecule has 0 aromatic heterocycles. The van der Waals surface area contributed by atoms with E-state index in [1.807, 2.05) is 13.8 Å². The van der Waals surface area contributed by atoms with Crippen LogP contribution in [0.25, 0.3) is 0 Å². The topological polar surface area (TPSA) is 44.5 Å². The number of rotatable bonds is 7. The van der Waals surface area contributed by atoms with Gasteiger partial charge in [0.25, 0.3) is 0 Å². The zero-order chi connectivity index (χ0) is 10.3. The molecule has 0 radical (unpaired) electrons. The molecule has 0 saturated heterocycles. The molecule has 0 aliphatic rings. The third kappa shape index (κ3) is 6.02. The van der Waals surface area contributed by atoms with Crippen LogP contribution in [0, 0.1) is 5.92 Å². The van der Waals surface area contributed by atoms with Crippen LogP contribution in [-0.2, 0) is 9.47 Å². The summed E-state index contributed by atoms with van der Waals surface area (Å²) in [5.41, 5.74) is 5.94. The Kier molecular flexibility index (Phi) is 7.23. The Labute approximate surface area is 81.6 Å². The molecular formula is C10H23NO2. The molecule has 0 aromatic rings. The maximum atomic E-state index is 5.94. The SMILES string of the molecule is CCOC(OCC)C(N)CC(C)C. The molecule has 0 bridgehead atoms. The summed E-state index contributed by atoms with van der Waals surface area (Å²) in [7, 11) is 0. The average Bonchev–Trinajstić information content (AvgIpc) is 2.02. The predicted molar refractivity (Wildman–Crippen MR) is 54.5 cm³/mol. The number of ether oxygens (including phenoxy) is 2. The molecule has 0 rings (SSSR count). The fraction of sp³-hybridized carbons (Fsp3) is 1.00. The van der Waals surface area contributed by atoms with Crippen molar-refractivity contribution in [2.45, 2.75) is 46.4 Å². The molecular weight excluding hydrogens is 166 g/mol. The van der Waals surface area contributed by atoms with Crippen LogP contribution in [0.15, 0.2) is 0 Å². The van der Waals surface area contributed by atoms with Gasteiger partial charge < -0.3 is 15.2 Å². The largest absolute Gasteiger partial charge is 0.351 e. The first kappa shape index (κ1) is 12.9. The van der Waals surface area contributed by atoms with Gasteiger partial charge in [0.2, 0.25) is 0 Å². The molecule has 0 amide bonds. The highest BCUT2D eigenvalue weighted by Crippen LogP contribution is 2.09. The molecule has 0 saturated carbocycles. The van der Waals surface area contributed by atoms with Crippen molar-refractivity contribution in [1.29, 1.82) is 0 Å². The summed E-state index contributed by atoms with van der Waals surface area (Å²) in [6.45, 7) is 9.50. The lowest BCUT2D eigenvalue weighted by Crippen LogP contribution is -2.39.